The maximum atomic E-state index is 10.6. The first-order valence-electron chi connectivity index (χ1n) is 8.29. The minimum Gasteiger partial charge on any atom is -0.384 e. The van der Waals surface area contributed by atoms with Gasteiger partial charge in [-0.15, -0.1) is 0 Å². The third-order valence-electron chi connectivity index (χ3n) is 5.65. The number of nitrogen functional groups attached to an aromatic ring is 1. The highest BCUT2D eigenvalue weighted by Gasteiger charge is 2.51. The van der Waals surface area contributed by atoms with Gasteiger partial charge in [0, 0.05) is 24.1 Å². The minimum atomic E-state index is -0.718. The maximum Gasteiger partial charge on any atom is 0.133 e. The fourth-order valence-electron chi connectivity index (χ4n) is 3.93. The summed E-state index contributed by atoms with van der Waals surface area (Å²) in [4.78, 5) is 3.60. The third kappa shape index (κ3) is 2.94. The lowest BCUT2D eigenvalue weighted by molar-refractivity contribution is -0.0980. The Balaban J connectivity index is 1.65. The number of rotatable bonds is 3. The summed E-state index contributed by atoms with van der Waals surface area (Å²) in [6, 6.07) is 7.04. The Morgan fingerprint density at radius 3 is 2.29 bits per heavy atom. The monoisotopic (exact) mass is 334 g/mol. The first-order valence-corrected chi connectivity index (χ1v) is 8.29. The largest absolute Gasteiger partial charge is 0.384 e. The molecule has 0 amide bonds. The summed E-state index contributed by atoms with van der Waals surface area (Å²) in [5, 5.41) is 38.4. The summed E-state index contributed by atoms with van der Waals surface area (Å²) in [6.07, 6.45) is 0.0832. The van der Waals surface area contributed by atoms with Gasteiger partial charge < -0.3 is 21.1 Å². The number of nitrogens with two attached hydrogens (primary N) is 1. The average molecular weight is 334 g/mol. The van der Waals surface area contributed by atoms with Crippen molar-refractivity contribution in [2.45, 2.75) is 37.9 Å². The number of nitrogens with zero attached hydrogens (tertiary/aromatic N) is 2. The number of aliphatic hydroxyl groups is 3. The van der Waals surface area contributed by atoms with Gasteiger partial charge in [-0.3, -0.25) is 15.2 Å². The molecule has 132 valence electrons. The summed E-state index contributed by atoms with van der Waals surface area (Å²) in [5.74, 6) is 0.00820. The minimum absolute atomic E-state index is 0.00820. The van der Waals surface area contributed by atoms with Crippen LogP contribution >= 0.6 is 0 Å². The molecule has 3 rings (SSSR count). The molecule has 0 aliphatic carbocycles. The van der Waals surface area contributed by atoms with Crippen LogP contribution in [0.25, 0.3) is 0 Å². The molecule has 24 heavy (non-hydrogen) atoms. The molecule has 0 radical (unpaired) electrons. The van der Waals surface area contributed by atoms with E-state index in [1.165, 1.54) is 0 Å². The maximum absolute atomic E-state index is 10.6. The van der Waals surface area contributed by atoms with Gasteiger partial charge in [-0.25, -0.2) is 0 Å². The van der Waals surface area contributed by atoms with Gasteiger partial charge in [0.05, 0.1) is 0 Å². The van der Waals surface area contributed by atoms with Crippen LogP contribution in [0.15, 0.2) is 24.3 Å². The highest BCUT2D eigenvalue weighted by atomic mass is 16.3. The van der Waals surface area contributed by atoms with Crippen LogP contribution in [0.1, 0.15) is 36.6 Å². The molecule has 1 aromatic rings. The van der Waals surface area contributed by atoms with Gasteiger partial charge in [0.1, 0.15) is 24.5 Å². The molecule has 1 aromatic carbocycles. The summed E-state index contributed by atoms with van der Waals surface area (Å²) < 4.78 is 0. The number of benzene rings is 1. The molecule has 2 aliphatic heterocycles. The Kier molecular flexibility index (Phi) is 4.63. The Bertz CT molecular complexity index is 598. The number of aliphatic hydroxyl groups excluding tert-OH is 3. The molecule has 0 bridgehead atoms. The molecule has 1 spiro atoms. The van der Waals surface area contributed by atoms with Gasteiger partial charge in [0.2, 0.25) is 0 Å². The van der Waals surface area contributed by atoms with Crippen LogP contribution in [0.4, 0.5) is 0 Å². The van der Waals surface area contributed by atoms with Gasteiger partial charge in [0.25, 0.3) is 0 Å². The van der Waals surface area contributed by atoms with E-state index in [9.17, 15) is 15.3 Å². The first kappa shape index (κ1) is 17.3. The molecule has 2 heterocycles. The standard InChI is InChI=1S/C17H26N4O3/c1-20-13(22)10-17(16(20)24)6-8-21(9-7-17)15(23)12-4-2-11(3-5-12)14(18)19/h2-5,13,15-16,22-24H,6-10H2,1H3,(H3,18,19). The van der Waals surface area contributed by atoms with Crippen molar-refractivity contribution in [1.29, 1.82) is 5.41 Å². The molecule has 6 N–H and O–H groups in total. The molecule has 3 atom stereocenters. The Morgan fingerprint density at radius 1 is 1.25 bits per heavy atom. The van der Waals surface area contributed by atoms with Crippen molar-refractivity contribution >= 4 is 5.84 Å². The molecule has 0 saturated carbocycles. The Hall–Kier alpha value is -1.51. The first-order chi connectivity index (χ1) is 11.3. The number of amidine groups is 1. The molecule has 0 aromatic heterocycles. The lowest BCUT2D eigenvalue weighted by Gasteiger charge is -2.43. The van der Waals surface area contributed by atoms with Crippen molar-refractivity contribution in [2.75, 3.05) is 20.1 Å². The molecule has 2 aliphatic rings. The van der Waals surface area contributed by atoms with Gasteiger partial charge in [-0.05, 0) is 31.9 Å². The molecular weight excluding hydrogens is 308 g/mol. The van der Waals surface area contributed by atoms with Crippen LogP contribution in [0.3, 0.4) is 0 Å². The van der Waals surface area contributed by atoms with Crippen LogP contribution in [0.2, 0.25) is 0 Å². The fourth-order valence-corrected chi connectivity index (χ4v) is 3.93. The average Bonchev–Trinajstić information content (AvgIpc) is 2.79. The zero-order valence-corrected chi connectivity index (χ0v) is 13.9. The summed E-state index contributed by atoms with van der Waals surface area (Å²) >= 11 is 0. The van der Waals surface area contributed by atoms with Crippen LogP contribution in [0.5, 0.6) is 0 Å². The van der Waals surface area contributed by atoms with E-state index in [2.05, 4.69) is 0 Å². The van der Waals surface area contributed by atoms with Crippen molar-refractivity contribution in [3.8, 4) is 0 Å². The Labute approximate surface area is 141 Å². The van der Waals surface area contributed by atoms with E-state index >= 15 is 0 Å². The second-order valence-electron chi connectivity index (χ2n) is 7.03. The predicted molar refractivity (Wildman–Crippen MR) is 90.1 cm³/mol. The smallest absolute Gasteiger partial charge is 0.133 e. The zero-order chi connectivity index (χ0) is 17.5. The molecule has 2 fully saturated rings. The van der Waals surface area contributed by atoms with Crippen LogP contribution in [-0.2, 0) is 0 Å². The van der Waals surface area contributed by atoms with E-state index in [1.807, 2.05) is 4.90 Å². The van der Waals surface area contributed by atoms with Crippen molar-refractivity contribution in [3.05, 3.63) is 35.4 Å². The van der Waals surface area contributed by atoms with Crippen molar-refractivity contribution in [2.24, 2.45) is 11.1 Å². The normalized spacial score (nSPS) is 29.0. The number of nitrogens with one attached hydrogen (secondary N) is 1. The molecule has 7 nitrogen and oxygen atoms in total. The van der Waals surface area contributed by atoms with E-state index in [0.29, 0.717) is 25.1 Å². The fraction of sp³-hybridized carbons (Fsp3) is 0.588. The molecular formula is C17H26N4O3. The van der Waals surface area contributed by atoms with E-state index < -0.39 is 18.7 Å². The summed E-state index contributed by atoms with van der Waals surface area (Å²) in [5.41, 5.74) is 6.56. The summed E-state index contributed by atoms with van der Waals surface area (Å²) in [7, 11) is 1.74. The highest BCUT2D eigenvalue weighted by Crippen LogP contribution is 2.46. The lowest BCUT2D eigenvalue weighted by Crippen LogP contribution is -2.47. The summed E-state index contributed by atoms with van der Waals surface area (Å²) in [6.45, 7) is 1.32. The predicted octanol–water partition coefficient (Wildman–Crippen LogP) is 0.0161. The zero-order valence-electron chi connectivity index (χ0n) is 13.9. The molecule has 2 saturated heterocycles. The SMILES string of the molecule is CN1C(O)CC2(CCN(C(O)c3ccc(C(=N)N)cc3)CC2)C1O. The van der Waals surface area contributed by atoms with E-state index in [-0.39, 0.29) is 11.3 Å². The Morgan fingerprint density at radius 2 is 1.83 bits per heavy atom. The van der Waals surface area contributed by atoms with Crippen LogP contribution in [-0.4, -0.2) is 63.5 Å². The number of likely N-dealkylation sites (tertiary alicyclic amines) is 2. The highest BCUT2D eigenvalue weighted by molar-refractivity contribution is 5.94. The quantitative estimate of drug-likeness (QED) is 0.393. The van der Waals surface area contributed by atoms with Gasteiger partial charge in [0.15, 0.2) is 0 Å². The van der Waals surface area contributed by atoms with Gasteiger partial charge in [-0.1, -0.05) is 24.3 Å². The second kappa shape index (κ2) is 6.42. The number of piperidine rings is 1. The van der Waals surface area contributed by atoms with E-state index in [1.54, 1.807) is 36.2 Å². The van der Waals surface area contributed by atoms with E-state index in [4.69, 9.17) is 11.1 Å². The van der Waals surface area contributed by atoms with Crippen LogP contribution in [0, 0.1) is 10.8 Å². The third-order valence-corrected chi connectivity index (χ3v) is 5.65. The number of hydrogen-bond acceptors (Lipinski definition) is 6. The van der Waals surface area contributed by atoms with Gasteiger partial charge in [-0.2, -0.15) is 0 Å². The van der Waals surface area contributed by atoms with Crippen molar-refractivity contribution in [1.82, 2.24) is 9.80 Å². The van der Waals surface area contributed by atoms with Crippen molar-refractivity contribution in [3.63, 3.8) is 0 Å². The molecule has 3 unspecified atom stereocenters. The number of hydrogen-bond donors (Lipinski definition) is 5. The van der Waals surface area contributed by atoms with Crippen molar-refractivity contribution < 1.29 is 15.3 Å². The topological polar surface area (TPSA) is 117 Å². The second-order valence-corrected chi connectivity index (χ2v) is 7.03. The van der Waals surface area contributed by atoms with Gasteiger partial charge >= 0.3 is 0 Å². The lowest BCUT2D eigenvalue weighted by atomic mass is 9.76. The van der Waals surface area contributed by atoms with E-state index in [0.717, 1.165) is 18.4 Å². The van der Waals surface area contributed by atoms with Crippen LogP contribution < -0.4 is 5.73 Å². The molecule has 7 heteroatoms.